The fourth-order valence-corrected chi connectivity index (χ4v) is 19.2. The number of hydrogen-bond donors (Lipinski definition) is 34. The third-order valence-corrected chi connectivity index (χ3v) is 27.3. The summed E-state index contributed by atoms with van der Waals surface area (Å²) in [6.45, 7) is -5.30. The van der Waals surface area contributed by atoms with Gasteiger partial charge in [0.05, 0.1) is 122 Å². The van der Waals surface area contributed by atoms with Gasteiger partial charge in [-0.3, -0.25) is 28.8 Å². The fraction of sp³-hybridized carbons (Fsp3) is 0.928. The lowest BCUT2D eigenvalue weighted by molar-refractivity contribution is -0.448. The molecule has 0 saturated carbocycles. The van der Waals surface area contributed by atoms with Gasteiger partial charge in [-0.05, 0) is 6.92 Å². The van der Waals surface area contributed by atoms with Crippen LogP contribution in [0.15, 0.2) is 0 Å². The van der Waals surface area contributed by atoms with E-state index in [2.05, 4.69) is 21.3 Å². The molecule has 4 amide bonds. The zero-order valence-corrected chi connectivity index (χ0v) is 79.4. The summed E-state index contributed by atoms with van der Waals surface area (Å²) in [4.78, 5) is 76.3. The molecule has 0 bridgehead atoms. The molecule has 0 aromatic rings. The highest BCUT2D eigenvalue weighted by Gasteiger charge is 2.65. The highest BCUT2D eigenvalue weighted by molar-refractivity contribution is 5.74. The quantitative estimate of drug-likeness (QED) is 0.0199. The summed E-state index contributed by atoms with van der Waals surface area (Å²) in [6.07, 6.45) is -106. The van der Waals surface area contributed by atoms with E-state index < -0.39 is 458 Å². The second-order valence-corrected chi connectivity index (χ2v) is 37.4. The number of nitrogens with one attached hydrogen (secondary N) is 4. The van der Waals surface area contributed by atoms with Crippen molar-refractivity contribution in [3.8, 4) is 0 Å². The average molecular weight is 2140 g/mol. The van der Waals surface area contributed by atoms with E-state index in [1.165, 1.54) is 20.8 Å². The van der Waals surface area contributed by atoms with Crippen molar-refractivity contribution in [1.82, 2.24) is 21.3 Å². The van der Waals surface area contributed by atoms with E-state index in [1.807, 2.05) is 0 Å². The molecule has 0 spiro atoms. The van der Waals surface area contributed by atoms with Gasteiger partial charge >= 0.3 is 11.9 Å². The largest absolute Gasteiger partial charge is 0.410 e. The van der Waals surface area contributed by atoms with E-state index in [-0.39, 0.29) is 12.9 Å². The predicted molar refractivity (Wildman–Crippen MR) is 452 cm³/mol. The normalized spacial score (nSPS) is 47.5. The molecule has 0 aliphatic carbocycles. The molecular formula is C83H138N4O59. The molecule has 844 valence electrons. The van der Waals surface area contributed by atoms with Gasteiger partial charge in [-0.2, -0.15) is 0 Å². The Bertz CT molecular complexity index is 4070. The van der Waals surface area contributed by atoms with Crippen LogP contribution in [0.1, 0.15) is 61.3 Å². The highest BCUT2D eigenvalue weighted by Crippen LogP contribution is 2.45. The van der Waals surface area contributed by atoms with Crippen molar-refractivity contribution in [2.45, 2.75) is 398 Å². The summed E-state index contributed by atoms with van der Waals surface area (Å²) in [6, 6.07) is -7.40. The SMILES string of the molecule is CC(=O)NC1C(O)[C@H](O[C@@H]2OC(CO)[C@H](O)[C@H](O[C@]3(OC=O)C[C@@H](O)[C@@H](C)C([C@H](O)[C@H](O)CO)O3)C2O)[C@H](CO)O[C@H]1OC1[C@@H](OCC2O[C@@H](O[C@@H]3C(CO)O[C@@H](O[C@@H]4C(CO)O[C@@H](C)[C@@H](NC(C)=O)C4O)[C@@H](NC(C)=O)C3O)[C@H](O)C(O[C@H]3OC(CO)[C@@H](O)C(O)C3O[C@@H]3OC(CO)[C@@H](O[C@@H]4OC(CO[C@]5(OC=O)C[C@@H](O)[C@@H](C)C([C@H](O)[C@H](O)CO)O5)[C@H](O)[C@H](O)C4O)[C@H](O)C3NC(C)=O)[C@@H]2O)OC(CO)[C@@H](O)[C@@H]1O. The number of carbonyl (C=O) groups is 6. The third kappa shape index (κ3) is 26.9. The van der Waals surface area contributed by atoms with Crippen molar-refractivity contribution in [2.75, 3.05) is 72.7 Å². The summed E-state index contributed by atoms with van der Waals surface area (Å²) < 4.78 is 137. The standard InChI is InChI=1S/C83H138N4O59/c1-23-30(103)8-82(126-21-97,144-64(23)47(107)32(105)10-88)125-20-42-51(111)58(118)61(121)77(136-42)138-67-38(16-94)134-76(46(56(67)116)87-29(7)102)143-73-60(120)50(110)35(13-91)131-81(73)141-70-53(113)41(135-78(62(70)122)139-68-39(17-95)132-74(44(55(68)115)85-27(5)100)137-66-37(15-93)128-25(3)43(54(66)114)84-26(4)99)19-124-80-72(59(119)49(109)34(12-90)130-80)142-75-45(86-28(6)101)57(117)69(40(18-96)133-75)140-79-63(123)71(52(112)36(14-92)129-79)146-83(127-22-98)9-31(104)24(2)65(145-83)48(108)33(106)11-89/h21-25,30-81,88-96,103-123H,8-20H2,1-7H3,(H,84,99)(H,85,100)(H,86,101)(H,87,102)/t23-,24-,25+,30-,31-,32-,33-,34?,35?,36?,37?,38?,39?,40+,41?,42?,43-,44+,45?,46?,47-,48-,49-,50-,51+,52+,53-,54?,55?,56-,57?,58+,59+,60?,61?,62-,63?,64?,65?,66-,67-,68-,69-,70?,71+,72?,73?,74+,75+,76+,77+,78+,79+,80+,81-,82+,83+/m1/s1. The lowest BCUT2D eigenvalue weighted by Gasteiger charge is -2.51. The van der Waals surface area contributed by atoms with Crippen molar-refractivity contribution in [3.63, 3.8) is 0 Å². The molecule has 57 atom stereocenters. The molecule has 63 heteroatoms. The highest BCUT2D eigenvalue weighted by atomic mass is 16.9. The molecule has 11 aliphatic heterocycles. The molecule has 11 saturated heterocycles. The first-order valence-corrected chi connectivity index (χ1v) is 46.9. The maximum absolute atomic E-state index is 13.3. The van der Waals surface area contributed by atoms with Crippen LogP contribution in [-0.2, 0) is 138 Å². The maximum Gasteiger partial charge on any atom is 0.332 e. The lowest BCUT2D eigenvalue weighted by atomic mass is 9.87. The molecule has 34 N–H and O–H groups in total. The maximum atomic E-state index is 13.3. The Morgan fingerprint density at radius 1 is 0.315 bits per heavy atom. The lowest BCUT2D eigenvalue weighted by Crippen LogP contribution is -2.71. The fourth-order valence-electron chi connectivity index (χ4n) is 19.2. The van der Waals surface area contributed by atoms with Crippen LogP contribution in [0.2, 0.25) is 0 Å². The first-order chi connectivity index (χ1) is 69.0. The van der Waals surface area contributed by atoms with Gasteiger partial charge in [0.25, 0.3) is 12.9 Å². The summed E-state index contributed by atoms with van der Waals surface area (Å²) in [7, 11) is 0. The molecule has 0 radical (unpaired) electrons. The topological polar surface area (TPSA) is 970 Å². The van der Waals surface area contributed by atoms with Crippen molar-refractivity contribution in [1.29, 1.82) is 0 Å². The van der Waals surface area contributed by atoms with Crippen molar-refractivity contribution in [2.24, 2.45) is 11.8 Å². The van der Waals surface area contributed by atoms with E-state index in [9.17, 15) is 182 Å². The zero-order chi connectivity index (χ0) is 108. The van der Waals surface area contributed by atoms with Gasteiger partial charge in [0.1, 0.15) is 238 Å². The second-order valence-electron chi connectivity index (χ2n) is 37.4. The van der Waals surface area contributed by atoms with Crippen LogP contribution in [0.4, 0.5) is 0 Å². The summed E-state index contributed by atoms with van der Waals surface area (Å²) in [5, 5.41) is 350. The van der Waals surface area contributed by atoms with Gasteiger partial charge in [-0.1, -0.05) is 13.8 Å². The minimum absolute atomic E-state index is 0.207. The van der Waals surface area contributed by atoms with E-state index in [0.717, 1.165) is 27.7 Å². The van der Waals surface area contributed by atoms with Crippen molar-refractivity contribution < 1.29 is 291 Å². The van der Waals surface area contributed by atoms with Gasteiger partial charge in [0, 0.05) is 39.5 Å². The number of carbonyl (C=O) groups excluding carboxylic acids is 6. The van der Waals surface area contributed by atoms with E-state index in [1.54, 1.807) is 0 Å². The van der Waals surface area contributed by atoms with Crippen LogP contribution >= 0.6 is 0 Å². The number of amides is 4. The Hall–Kier alpha value is -5.22. The van der Waals surface area contributed by atoms with Crippen molar-refractivity contribution >= 4 is 36.6 Å². The second kappa shape index (κ2) is 52.8. The Morgan fingerprint density at radius 2 is 0.616 bits per heavy atom. The van der Waals surface area contributed by atoms with Crippen LogP contribution in [0.5, 0.6) is 0 Å². The molecule has 11 rings (SSSR count). The predicted octanol–water partition coefficient (Wildman–Crippen LogP) is -22.3. The van der Waals surface area contributed by atoms with Crippen LogP contribution in [0.25, 0.3) is 0 Å². The number of rotatable bonds is 43. The van der Waals surface area contributed by atoms with Crippen LogP contribution in [0.3, 0.4) is 0 Å². The van der Waals surface area contributed by atoms with Gasteiger partial charge in [0.2, 0.25) is 23.6 Å². The Morgan fingerprint density at radius 3 is 1.03 bits per heavy atom. The molecular weight excluding hydrogens is 2000 g/mol. The van der Waals surface area contributed by atoms with Crippen LogP contribution < -0.4 is 21.3 Å². The van der Waals surface area contributed by atoms with Crippen molar-refractivity contribution in [3.05, 3.63) is 0 Å². The van der Waals surface area contributed by atoms with E-state index >= 15 is 0 Å². The zero-order valence-electron chi connectivity index (χ0n) is 79.4. The Kier molecular flexibility index (Phi) is 43.8. The monoisotopic (exact) mass is 2130 g/mol. The number of aliphatic hydroxyl groups excluding tert-OH is 30. The molecule has 63 nitrogen and oxygen atoms in total. The summed E-state index contributed by atoms with van der Waals surface area (Å²) in [5.41, 5.74) is 0. The van der Waals surface area contributed by atoms with Gasteiger partial charge in [-0.25, -0.2) is 0 Å². The minimum Gasteiger partial charge on any atom is -0.410 e. The smallest absolute Gasteiger partial charge is 0.332 e. The first kappa shape index (κ1) is 121. The summed E-state index contributed by atoms with van der Waals surface area (Å²) in [5.74, 6) is -11.5. The average Bonchev–Trinajstić information content (AvgIpc) is 0.749. The number of aliphatic hydroxyl groups is 30. The minimum atomic E-state index is -2.91. The van der Waals surface area contributed by atoms with Crippen LogP contribution in [0, 0.1) is 11.8 Å². The van der Waals surface area contributed by atoms with E-state index in [4.69, 9.17) is 109 Å². The molecule has 0 aromatic heterocycles. The molecule has 11 fully saturated rings. The molecule has 21 unspecified atom stereocenters. The number of ether oxygens (including phenoxy) is 23. The molecule has 11 heterocycles. The van der Waals surface area contributed by atoms with Crippen LogP contribution in [-0.4, -0.2) is 599 Å². The van der Waals surface area contributed by atoms with Gasteiger partial charge < -0.3 is 283 Å². The Balaban J connectivity index is 0.896. The number of hydrogen-bond acceptors (Lipinski definition) is 59. The Labute approximate surface area is 828 Å². The van der Waals surface area contributed by atoms with E-state index in [0.29, 0.717) is 0 Å². The third-order valence-electron chi connectivity index (χ3n) is 27.3. The molecule has 11 aliphatic rings. The molecule has 146 heavy (non-hydrogen) atoms. The molecule has 0 aromatic carbocycles. The summed E-state index contributed by atoms with van der Waals surface area (Å²) >= 11 is 0. The van der Waals surface area contributed by atoms with Gasteiger partial charge in [0.15, 0.2) is 50.3 Å². The van der Waals surface area contributed by atoms with Gasteiger partial charge in [-0.15, -0.1) is 0 Å². The first-order valence-electron chi connectivity index (χ1n) is 46.9.